The van der Waals surface area contributed by atoms with E-state index in [1.54, 1.807) is 0 Å². The van der Waals surface area contributed by atoms with Crippen LogP contribution in [-0.4, -0.2) is 15.4 Å². The highest BCUT2D eigenvalue weighted by Gasteiger charge is 2.19. The van der Waals surface area contributed by atoms with Gasteiger partial charge in [0.1, 0.15) is 5.82 Å². The number of aromatic nitrogens is 2. The molecule has 90 valence electrons. The SMILES string of the molecule is CC1CCC(Nc2nc(C(C)C)ns2)CC1. The highest BCUT2D eigenvalue weighted by Crippen LogP contribution is 2.27. The van der Waals surface area contributed by atoms with Gasteiger partial charge in [-0.2, -0.15) is 4.37 Å². The van der Waals surface area contributed by atoms with Crippen molar-refractivity contribution in [1.29, 1.82) is 0 Å². The maximum atomic E-state index is 4.52. The smallest absolute Gasteiger partial charge is 0.202 e. The normalized spacial score (nSPS) is 26.0. The first-order valence-corrected chi connectivity index (χ1v) is 7.02. The second kappa shape index (κ2) is 5.13. The van der Waals surface area contributed by atoms with Crippen molar-refractivity contribution in [3.05, 3.63) is 5.82 Å². The fraction of sp³-hybridized carbons (Fsp3) is 0.833. The van der Waals surface area contributed by atoms with Crippen LogP contribution in [-0.2, 0) is 0 Å². The van der Waals surface area contributed by atoms with E-state index in [0.29, 0.717) is 12.0 Å². The summed E-state index contributed by atoms with van der Waals surface area (Å²) < 4.78 is 4.36. The maximum absolute atomic E-state index is 4.52. The molecule has 16 heavy (non-hydrogen) atoms. The molecule has 4 heteroatoms. The van der Waals surface area contributed by atoms with Crippen LogP contribution in [0.1, 0.15) is 58.2 Å². The molecule has 0 aliphatic heterocycles. The Bertz CT molecular complexity index is 327. The Morgan fingerprint density at radius 3 is 2.50 bits per heavy atom. The lowest BCUT2D eigenvalue weighted by atomic mass is 9.87. The van der Waals surface area contributed by atoms with E-state index in [4.69, 9.17) is 0 Å². The number of hydrogen-bond donors (Lipinski definition) is 1. The van der Waals surface area contributed by atoms with E-state index in [1.807, 2.05) is 0 Å². The average Bonchev–Trinajstić information content (AvgIpc) is 2.70. The topological polar surface area (TPSA) is 37.8 Å². The van der Waals surface area contributed by atoms with Gasteiger partial charge in [-0.3, -0.25) is 0 Å². The second-order valence-corrected chi connectivity index (χ2v) is 5.97. The largest absolute Gasteiger partial charge is 0.358 e. The van der Waals surface area contributed by atoms with Gasteiger partial charge in [-0.05, 0) is 31.6 Å². The van der Waals surface area contributed by atoms with E-state index in [-0.39, 0.29) is 0 Å². The van der Waals surface area contributed by atoms with Crippen LogP contribution < -0.4 is 5.32 Å². The van der Waals surface area contributed by atoms with Gasteiger partial charge in [-0.25, -0.2) is 4.98 Å². The summed E-state index contributed by atoms with van der Waals surface area (Å²) >= 11 is 1.50. The standard InChI is InChI=1S/C12H21N3S/c1-8(2)11-14-12(16-15-11)13-10-6-4-9(3)5-7-10/h8-10H,4-7H2,1-3H3,(H,13,14,15). The number of anilines is 1. The minimum Gasteiger partial charge on any atom is -0.358 e. The summed E-state index contributed by atoms with van der Waals surface area (Å²) in [6.07, 6.45) is 5.23. The highest BCUT2D eigenvalue weighted by atomic mass is 32.1. The molecule has 0 amide bonds. The number of hydrogen-bond acceptors (Lipinski definition) is 4. The Hall–Kier alpha value is -0.640. The van der Waals surface area contributed by atoms with Gasteiger partial charge < -0.3 is 5.32 Å². The number of nitrogens with one attached hydrogen (secondary N) is 1. The molecule has 0 saturated heterocycles. The first kappa shape index (κ1) is 11.8. The molecule has 1 aliphatic carbocycles. The Balaban J connectivity index is 1.88. The number of nitrogens with zero attached hydrogens (tertiary/aromatic N) is 2. The van der Waals surface area contributed by atoms with Crippen LogP contribution in [0.2, 0.25) is 0 Å². The molecular formula is C12H21N3S. The van der Waals surface area contributed by atoms with Crippen molar-refractivity contribution in [1.82, 2.24) is 9.36 Å². The minimum atomic E-state index is 0.429. The zero-order valence-corrected chi connectivity index (χ0v) is 11.2. The summed E-state index contributed by atoms with van der Waals surface area (Å²) in [5.74, 6) is 2.30. The van der Waals surface area contributed by atoms with Crippen LogP contribution in [0.4, 0.5) is 5.13 Å². The highest BCUT2D eigenvalue weighted by molar-refractivity contribution is 7.09. The van der Waals surface area contributed by atoms with Gasteiger partial charge in [0.25, 0.3) is 0 Å². The van der Waals surface area contributed by atoms with Crippen LogP contribution >= 0.6 is 11.5 Å². The van der Waals surface area contributed by atoms with Gasteiger partial charge in [0, 0.05) is 23.5 Å². The molecule has 0 radical (unpaired) electrons. The van der Waals surface area contributed by atoms with E-state index in [2.05, 4.69) is 35.4 Å². The Morgan fingerprint density at radius 1 is 1.25 bits per heavy atom. The minimum absolute atomic E-state index is 0.429. The summed E-state index contributed by atoms with van der Waals surface area (Å²) in [6.45, 7) is 6.61. The molecule has 1 fully saturated rings. The molecule has 1 aliphatic rings. The van der Waals surface area contributed by atoms with Crippen molar-refractivity contribution >= 4 is 16.7 Å². The van der Waals surface area contributed by atoms with Crippen molar-refractivity contribution in [3.63, 3.8) is 0 Å². The van der Waals surface area contributed by atoms with Crippen molar-refractivity contribution < 1.29 is 0 Å². The summed E-state index contributed by atoms with van der Waals surface area (Å²) in [5, 5.41) is 4.52. The predicted octanol–water partition coefficient (Wildman–Crippen LogP) is 3.65. The first-order chi connectivity index (χ1) is 7.65. The first-order valence-electron chi connectivity index (χ1n) is 6.25. The third-order valence-corrected chi connectivity index (χ3v) is 3.96. The van der Waals surface area contributed by atoms with Gasteiger partial charge in [-0.1, -0.05) is 20.8 Å². The lowest BCUT2D eigenvalue weighted by molar-refractivity contribution is 0.361. The number of rotatable bonds is 3. The van der Waals surface area contributed by atoms with Crippen molar-refractivity contribution in [2.45, 2.75) is 58.4 Å². The van der Waals surface area contributed by atoms with Crippen molar-refractivity contribution in [2.75, 3.05) is 5.32 Å². The third-order valence-electron chi connectivity index (χ3n) is 3.30. The fourth-order valence-corrected chi connectivity index (χ4v) is 2.89. The third kappa shape index (κ3) is 2.94. The van der Waals surface area contributed by atoms with Crippen molar-refractivity contribution in [3.8, 4) is 0 Å². The predicted molar refractivity (Wildman–Crippen MR) is 69.0 cm³/mol. The summed E-state index contributed by atoms with van der Waals surface area (Å²) in [4.78, 5) is 4.52. The quantitative estimate of drug-likeness (QED) is 0.875. The second-order valence-electron chi connectivity index (χ2n) is 5.21. The van der Waals surface area contributed by atoms with E-state index in [9.17, 15) is 0 Å². The average molecular weight is 239 g/mol. The van der Waals surface area contributed by atoms with Crippen LogP contribution in [0.3, 0.4) is 0 Å². The molecule has 0 aromatic carbocycles. The summed E-state index contributed by atoms with van der Waals surface area (Å²) in [6, 6.07) is 0.615. The molecule has 0 bridgehead atoms. The van der Waals surface area contributed by atoms with E-state index >= 15 is 0 Å². The van der Waals surface area contributed by atoms with E-state index < -0.39 is 0 Å². The van der Waals surface area contributed by atoms with Crippen molar-refractivity contribution in [2.24, 2.45) is 5.92 Å². The summed E-state index contributed by atoms with van der Waals surface area (Å²) in [7, 11) is 0. The molecule has 0 unspecified atom stereocenters. The molecule has 0 atom stereocenters. The van der Waals surface area contributed by atoms with Gasteiger partial charge in [0.2, 0.25) is 5.13 Å². The molecule has 3 nitrogen and oxygen atoms in total. The summed E-state index contributed by atoms with van der Waals surface area (Å²) in [5.41, 5.74) is 0. The molecule has 1 saturated carbocycles. The monoisotopic (exact) mass is 239 g/mol. The molecule has 1 aromatic heterocycles. The van der Waals surface area contributed by atoms with Gasteiger partial charge in [0.05, 0.1) is 0 Å². The van der Waals surface area contributed by atoms with Gasteiger partial charge in [0.15, 0.2) is 0 Å². The molecule has 1 N–H and O–H groups in total. The molecule has 2 rings (SSSR count). The van der Waals surface area contributed by atoms with E-state index in [1.165, 1.54) is 37.2 Å². The van der Waals surface area contributed by atoms with Crippen LogP contribution in [0.5, 0.6) is 0 Å². The Kier molecular flexibility index (Phi) is 3.79. The molecular weight excluding hydrogens is 218 g/mol. The lowest BCUT2D eigenvalue weighted by Crippen LogP contribution is -2.25. The molecule has 1 aromatic rings. The molecule has 1 heterocycles. The zero-order chi connectivity index (χ0) is 11.5. The van der Waals surface area contributed by atoms with Gasteiger partial charge in [-0.15, -0.1) is 0 Å². The molecule has 0 spiro atoms. The van der Waals surface area contributed by atoms with Gasteiger partial charge >= 0.3 is 0 Å². The zero-order valence-electron chi connectivity index (χ0n) is 10.4. The Morgan fingerprint density at radius 2 is 1.94 bits per heavy atom. The van der Waals surface area contributed by atoms with Crippen LogP contribution in [0.25, 0.3) is 0 Å². The van der Waals surface area contributed by atoms with Crippen LogP contribution in [0.15, 0.2) is 0 Å². The lowest BCUT2D eigenvalue weighted by Gasteiger charge is -2.26. The fourth-order valence-electron chi connectivity index (χ4n) is 2.11. The maximum Gasteiger partial charge on any atom is 0.202 e. The van der Waals surface area contributed by atoms with E-state index in [0.717, 1.165) is 16.9 Å². The Labute approximate surface area is 102 Å². The van der Waals surface area contributed by atoms with Crippen LogP contribution in [0, 0.1) is 5.92 Å².